The maximum atomic E-state index is 12.0. The largest absolute Gasteiger partial charge is 0.462 e. The van der Waals surface area contributed by atoms with E-state index in [9.17, 15) is 9.59 Å². The number of benzene rings is 2. The Morgan fingerprint density at radius 3 is 2.33 bits per heavy atom. The quantitative estimate of drug-likeness (QED) is 0.446. The van der Waals surface area contributed by atoms with Crippen LogP contribution in [0.1, 0.15) is 27.6 Å². The van der Waals surface area contributed by atoms with Crippen LogP contribution in [-0.2, 0) is 4.74 Å². The maximum Gasteiger partial charge on any atom is 0.338 e. The predicted octanol–water partition coefficient (Wildman–Crippen LogP) is 4.98. The Morgan fingerprint density at radius 1 is 1.04 bits per heavy atom. The van der Waals surface area contributed by atoms with Gasteiger partial charge in [0.1, 0.15) is 0 Å². The molecule has 2 rings (SSSR count). The lowest BCUT2D eigenvalue weighted by molar-refractivity contribution is 0.0526. The lowest BCUT2D eigenvalue weighted by atomic mass is 10.1. The van der Waals surface area contributed by atoms with Crippen molar-refractivity contribution >= 4 is 40.6 Å². The van der Waals surface area contributed by atoms with E-state index in [4.69, 9.17) is 27.9 Å². The Morgan fingerprint density at radius 2 is 1.71 bits per heavy atom. The van der Waals surface area contributed by atoms with E-state index < -0.39 is 0 Å². The molecule has 0 saturated carbocycles. The highest BCUT2D eigenvalue weighted by Crippen LogP contribution is 2.22. The van der Waals surface area contributed by atoms with E-state index in [2.05, 4.69) is 5.32 Å². The van der Waals surface area contributed by atoms with Gasteiger partial charge in [0, 0.05) is 23.5 Å². The van der Waals surface area contributed by atoms with Crippen LogP contribution in [0, 0.1) is 0 Å². The number of nitrogens with one attached hydrogen (secondary N) is 1. The van der Waals surface area contributed by atoms with Crippen molar-refractivity contribution in [3.05, 3.63) is 75.9 Å². The molecule has 0 amide bonds. The first-order chi connectivity index (χ1) is 11.5. The third-order valence-electron chi connectivity index (χ3n) is 3.08. The molecule has 0 aliphatic heterocycles. The first-order valence-electron chi connectivity index (χ1n) is 7.21. The molecule has 4 nitrogen and oxygen atoms in total. The molecule has 24 heavy (non-hydrogen) atoms. The fraction of sp³-hybridized carbons (Fsp3) is 0.111. The Hall–Kier alpha value is -2.30. The van der Waals surface area contributed by atoms with Crippen LogP contribution in [0.25, 0.3) is 0 Å². The topological polar surface area (TPSA) is 55.4 Å². The van der Waals surface area contributed by atoms with E-state index in [0.29, 0.717) is 27.8 Å². The Balaban J connectivity index is 1.97. The fourth-order valence-corrected chi connectivity index (χ4v) is 2.17. The number of ketones is 1. The van der Waals surface area contributed by atoms with Crippen molar-refractivity contribution in [1.82, 2.24) is 0 Å². The van der Waals surface area contributed by atoms with Crippen LogP contribution in [-0.4, -0.2) is 18.4 Å². The molecule has 2 aromatic rings. The molecular formula is C18H15Cl2NO3. The summed E-state index contributed by atoms with van der Waals surface area (Å²) in [7, 11) is 0. The van der Waals surface area contributed by atoms with Crippen LogP contribution in [0.15, 0.2) is 54.7 Å². The molecule has 0 aromatic heterocycles. The van der Waals surface area contributed by atoms with Gasteiger partial charge in [-0.1, -0.05) is 23.2 Å². The molecule has 124 valence electrons. The van der Waals surface area contributed by atoms with Crippen LogP contribution in [0.2, 0.25) is 10.0 Å². The zero-order chi connectivity index (χ0) is 17.5. The number of hydrogen-bond donors (Lipinski definition) is 1. The molecule has 0 spiro atoms. The number of ether oxygens (including phenoxy) is 1. The number of anilines is 1. The van der Waals surface area contributed by atoms with E-state index in [0.717, 1.165) is 5.69 Å². The summed E-state index contributed by atoms with van der Waals surface area (Å²) in [6.07, 6.45) is 2.91. The smallest absolute Gasteiger partial charge is 0.338 e. The second-order valence-corrected chi connectivity index (χ2v) is 5.58. The van der Waals surface area contributed by atoms with Crippen LogP contribution in [0.4, 0.5) is 5.69 Å². The van der Waals surface area contributed by atoms with Crippen molar-refractivity contribution in [2.45, 2.75) is 6.92 Å². The number of rotatable bonds is 6. The molecule has 0 fully saturated rings. The molecule has 0 radical (unpaired) electrons. The van der Waals surface area contributed by atoms with Gasteiger partial charge in [-0.25, -0.2) is 4.79 Å². The van der Waals surface area contributed by atoms with E-state index in [-0.39, 0.29) is 11.8 Å². The normalized spacial score (nSPS) is 10.6. The first-order valence-corrected chi connectivity index (χ1v) is 7.96. The molecule has 6 heteroatoms. The molecule has 2 aromatic carbocycles. The van der Waals surface area contributed by atoms with Gasteiger partial charge in [-0.05, 0) is 49.4 Å². The molecule has 0 heterocycles. The van der Waals surface area contributed by atoms with Crippen molar-refractivity contribution < 1.29 is 14.3 Å². The van der Waals surface area contributed by atoms with Gasteiger partial charge in [-0.15, -0.1) is 0 Å². The Bertz CT molecular complexity index is 770. The summed E-state index contributed by atoms with van der Waals surface area (Å²) in [6, 6.07) is 11.4. The van der Waals surface area contributed by atoms with Crippen molar-refractivity contribution in [3.8, 4) is 0 Å². The van der Waals surface area contributed by atoms with E-state index >= 15 is 0 Å². The lowest BCUT2D eigenvalue weighted by Crippen LogP contribution is -2.04. The number of esters is 1. The molecule has 0 bridgehead atoms. The van der Waals surface area contributed by atoms with Crippen LogP contribution < -0.4 is 5.32 Å². The highest BCUT2D eigenvalue weighted by Gasteiger charge is 2.06. The molecule has 0 saturated heterocycles. The van der Waals surface area contributed by atoms with E-state index in [1.54, 1.807) is 43.3 Å². The standard InChI is InChI=1S/C18H15Cl2NO3/c1-2-24-18(23)12-3-6-14(7-4-12)21-10-9-17(22)13-5-8-15(19)16(20)11-13/h3-11,21H,2H2,1H3. The van der Waals surface area contributed by atoms with Crippen LogP contribution in [0.3, 0.4) is 0 Å². The van der Waals surface area contributed by atoms with Gasteiger partial charge >= 0.3 is 5.97 Å². The third-order valence-corrected chi connectivity index (χ3v) is 3.82. The molecule has 0 aliphatic carbocycles. The minimum absolute atomic E-state index is 0.204. The van der Waals surface area contributed by atoms with Gasteiger partial charge < -0.3 is 10.1 Å². The van der Waals surface area contributed by atoms with Crippen LogP contribution >= 0.6 is 23.2 Å². The number of halogens is 2. The number of carbonyl (C=O) groups excluding carboxylic acids is 2. The number of carbonyl (C=O) groups is 2. The van der Waals surface area contributed by atoms with Crippen LogP contribution in [0.5, 0.6) is 0 Å². The summed E-state index contributed by atoms with van der Waals surface area (Å²) < 4.78 is 4.91. The minimum Gasteiger partial charge on any atom is -0.462 e. The summed E-state index contributed by atoms with van der Waals surface area (Å²) in [5, 5.41) is 3.69. The first kappa shape index (κ1) is 18.0. The fourth-order valence-electron chi connectivity index (χ4n) is 1.88. The number of allylic oxidation sites excluding steroid dienone is 1. The summed E-state index contributed by atoms with van der Waals surface area (Å²) in [5.41, 5.74) is 1.65. The lowest BCUT2D eigenvalue weighted by Gasteiger charge is -2.04. The van der Waals surface area contributed by atoms with E-state index in [1.165, 1.54) is 18.3 Å². The third kappa shape index (κ3) is 4.85. The van der Waals surface area contributed by atoms with Gasteiger partial charge in [-0.3, -0.25) is 4.79 Å². The second-order valence-electron chi connectivity index (χ2n) is 4.77. The molecule has 0 atom stereocenters. The summed E-state index contributed by atoms with van der Waals surface area (Å²) >= 11 is 11.7. The van der Waals surface area contributed by atoms with Gasteiger partial charge in [0.15, 0.2) is 5.78 Å². The van der Waals surface area contributed by atoms with E-state index in [1.807, 2.05) is 0 Å². The summed E-state index contributed by atoms with van der Waals surface area (Å²) in [6.45, 7) is 2.09. The van der Waals surface area contributed by atoms with Crippen molar-refractivity contribution in [2.75, 3.05) is 11.9 Å². The average molecular weight is 364 g/mol. The van der Waals surface area contributed by atoms with Crippen molar-refractivity contribution in [3.63, 3.8) is 0 Å². The zero-order valence-electron chi connectivity index (χ0n) is 12.9. The van der Waals surface area contributed by atoms with Crippen molar-refractivity contribution in [1.29, 1.82) is 0 Å². The molecular weight excluding hydrogens is 349 g/mol. The highest BCUT2D eigenvalue weighted by atomic mass is 35.5. The van der Waals surface area contributed by atoms with Gasteiger partial charge in [0.25, 0.3) is 0 Å². The molecule has 1 N–H and O–H groups in total. The Kier molecular flexibility index (Phi) is 6.41. The van der Waals surface area contributed by atoms with Crippen molar-refractivity contribution in [2.24, 2.45) is 0 Å². The van der Waals surface area contributed by atoms with Gasteiger partial charge in [0.2, 0.25) is 0 Å². The minimum atomic E-state index is -0.366. The molecule has 0 aliphatic rings. The monoisotopic (exact) mass is 363 g/mol. The highest BCUT2D eigenvalue weighted by molar-refractivity contribution is 6.42. The summed E-state index contributed by atoms with van der Waals surface area (Å²) in [4.78, 5) is 23.6. The summed E-state index contributed by atoms with van der Waals surface area (Å²) in [5.74, 6) is -0.571. The zero-order valence-corrected chi connectivity index (χ0v) is 14.4. The maximum absolute atomic E-state index is 12.0. The second kappa shape index (κ2) is 8.52. The molecule has 0 unspecified atom stereocenters. The van der Waals surface area contributed by atoms with Gasteiger partial charge in [-0.2, -0.15) is 0 Å². The van der Waals surface area contributed by atoms with Gasteiger partial charge in [0.05, 0.1) is 22.2 Å². The predicted molar refractivity (Wildman–Crippen MR) is 96.0 cm³/mol. The average Bonchev–Trinajstić information content (AvgIpc) is 2.58. The SMILES string of the molecule is CCOC(=O)c1ccc(NC=CC(=O)c2ccc(Cl)c(Cl)c2)cc1. The Labute approximate surface area is 150 Å². The number of hydrogen-bond acceptors (Lipinski definition) is 4.